The van der Waals surface area contributed by atoms with Crippen LogP contribution in [-0.2, 0) is 4.79 Å². The van der Waals surface area contributed by atoms with Crippen LogP contribution in [0, 0.1) is 0 Å². The van der Waals surface area contributed by atoms with Crippen LogP contribution in [0.5, 0.6) is 5.75 Å². The van der Waals surface area contributed by atoms with Crippen molar-refractivity contribution in [1.82, 2.24) is 0 Å². The van der Waals surface area contributed by atoms with E-state index in [1.807, 2.05) is 0 Å². The Morgan fingerprint density at radius 1 is 1.39 bits per heavy atom. The fourth-order valence-corrected chi connectivity index (χ4v) is 1.04. The summed E-state index contributed by atoms with van der Waals surface area (Å²) in [5.41, 5.74) is 5.42. The van der Waals surface area contributed by atoms with Crippen molar-refractivity contribution in [2.75, 3.05) is 18.5 Å². The molecule has 0 aliphatic heterocycles. The first-order valence-corrected chi connectivity index (χ1v) is 4.70. The smallest absolute Gasteiger partial charge is 0.422 e. The first kappa shape index (κ1) is 16.5. The van der Waals surface area contributed by atoms with Crippen LogP contribution in [0.25, 0.3) is 0 Å². The highest BCUT2D eigenvalue weighted by Crippen LogP contribution is 2.21. The summed E-state index contributed by atoms with van der Waals surface area (Å²) in [4.78, 5) is 11.0. The normalized spacial score (nSPS) is 10.4. The zero-order valence-corrected chi connectivity index (χ0v) is 9.98. The van der Waals surface area contributed by atoms with Crippen LogP contribution in [0.2, 0.25) is 0 Å². The van der Waals surface area contributed by atoms with Crippen LogP contribution in [0.15, 0.2) is 24.3 Å². The molecule has 0 fully saturated rings. The molecule has 18 heavy (non-hydrogen) atoms. The summed E-state index contributed by atoms with van der Waals surface area (Å²) in [6.07, 6.45) is -4.39. The SMILES string of the molecule is Cl.NCC(=O)Nc1cccc(OCC(F)(F)F)c1. The molecule has 1 amide bonds. The number of carbonyl (C=O) groups is 1. The maximum atomic E-state index is 11.9. The van der Waals surface area contributed by atoms with Crippen molar-refractivity contribution in [3.05, 3.63) is 24.3 Å². The molecule has 0 bridgehead atoms. The van der Waals surface area contributed by atoms with Gasteiger partial charge in [0.25, 0.3) is 0 Å². The van der Waals surface area contributed by atoms with Gasteiger partial charge in [0, 0.05) is 11.8 Å². The molecule has 0 spiro atoms. The lowest BCUT2D eigenvalue weighted by molar-refractivity contribution is -0.153. The maximum absolute atomic E-state index is 11.9. The van der Waals surface area contributed by atoms with Crippen LogP contribution in [0.4, 0.5) is 18.9 Å². The van der Waals surface area contributed by atoms with Gasteiger partial charge in [-0.2, -0.15) is 13.2 Å². The molecule has 4 nitrogen and oxygen atoms in total. The molecule has 8 heteroatoms. The van der Waals surface area contributed by atoms with Crippen molar-refractivity contribution in [2.45, 2.75) is 6.18 Å². The quantitative estimate of drug-likeness (QED) is 0.888. The predicted molar refractivity (Wildman–Crippen MR) is 62.9 cm³/mol. The highest BCUT2D eigenvalue weighted by atomic mass is 35.5. The molecule has 0 radical (unpaired) electrons. The van der Waals surface area contributed by atoms with Crippen molar-refractivity contribution < 1.29 is 22.7 Å². The van der Waals surface area contributed by atoms with Crippen molar-refractivity contribution >= 4 is 24.0 Å². The van der Waals surface area contributed by atoms with E-state index >= 15 is 0 Å². The molecule has 0 saturated carbocycles. The van der Waals surface area contributed by atoms with E-state index in [1.165, 1.54) is 24.3 Å². The molecular formula is C10H12ClF3N2O2. The summed E-state index contributed by atoms with van der Waals surface area (Å²) in [6, 6.07) is 5.65. The van der Waals surface area contributed by atoms with Gasteiger partial charge in [0.2, 0.25) is 5.91 Å². The minimum Gasteiger partial charge on any atom is -0.484 e. The monoisotopic (exact) mass is 284 g/mol. The Kier molecular flexibility index (Phi) is 6.50. The standard InChI is InChI=1S/C10H11F3N2O2.ClH/c11-10(12,13)6-17-8-3-1-2-7(4-8)15-9(16)5-14;/h1-4H,5-6,14H2,(H,15,16);1H. The number of hydrogen-bond donors (Lipinski definition) is 2. The fourth-order valence-electron chi connectivity index (χ4n) is 1.04. The number of nitrogens with two attached hydrogens (primary N) is 1. The van der Waals surface area contributed by atoms with E-state index in [4.69, 9.17) is 5.73 Å². The third kappa shape index (κ3) is 6.31. The number of rotatable bonds is 4. The minimum absolute atomic E-state index is 0. The highest BCUT2D eigenvalue weighted by molar-refractivity contribution is 5.92. The van der Waals surface area contributed by atoms with E-state index in [1.54, 1.807) is 0 Å². The van der Waals surface area contributed by atoms with Crippen molar-refractivity contribution in [3.8, 4) is 5.75 Å². The number of halogens is 4. The lowest BCUT2D eigenvalue weighted by atomic mass is 10.3. The maximum Gasteiger partial charge on any atom is 0.422 e. The molecule has 0 atom stereocenters. The van der Waals surface area contributed by atoms with Crippen molar-refractivity contribution in [3.63, 3.8) is 0 Å². The Hall–Kier alpha value is -1.47. The van der Waals surface area contributed by atoms with E-state index in [0.717, 1.165) is 0 Å². The van der Waals surface area contributed by atoms with Crippen LogP contribution in [0.1, 0.15) is 0 Å². The molecule has 0 aliphatic rings. The fraction of sp³-hybridized carbons (Fsp3) is 0.300. The topological polar surface area (TPSA) is 64.4 Å². The average Bonchev–Trinajstić information content (AvgIpc) is 2.26. The van der Waals surface area contributed by atoms with Gasteiger partial charge in [-0.3, -0.25) is 4.79 Å². The number of ether oxygens (including phenoxy) is 1. The summed E-state index contributed by atoms with van der Waals surface area (Å²) >= 11 is 0. The Morgan fingerprint density at radius 2 is 2.06 bits per heavy atom. The number of carbonyl (C=O) groups excluding carboxylic acids is 1. The molecule has 3 N–H and O–H groups in total. The number of nitrogens with one attached hydrogen (secondary N) is 1. The van der Waals surface area contributed by atoms with Gasteiger partial charge in [0.05, 0.1) is 6.54 Å². The second-order valence-electron chi connectivity index (χ2n) is 3.18. The Balaban J connectivity index is 0.00000289. The summed E-state index contributed by atoms with van der Waals surface area (Å²) in [5.74, 6) is -0.407. The zero-order valence-electron chi connectivity index (χ0n) is 9.16. The first-order chi connectivity index (χ1) is 7.90. The molecule has 102 valence electrons. The molecule has 1 rings (SSSR count). The van der Waals surface area contributed by atoms with E-state index in [-0.39, 0.29) is 24.7 Å². The van der Waals surface area contributed by atoms with Crippen LogP contribution < -0.4 is 15.8 Å². The lowest BCUT2D eigenvalue weighted by Gasteiger charge is -2.10. The number of amides is 1. The molecule has 0 saturated heterocycles. The second-order valence-corrected chi connectivity index (χ2v) is 3.18. The largest absolute Gasteiger partial charge is 0.484 e. The highest BCUT2D eigenvalue weighted by Gasteiger charge is 2.28. The predicted octanol–water partition coefficient (Wildman–Crippen LogP) is 1.95. The molecule has 0 heterocycles. The molecule has 0 aromatic heterocycles. The van der Waals surface area contributed by atoms with Gasteiger partial charge in [-0.1, -0.05) is 6.07 Å². The third-order valence-electron chi connectivity index (χ3n) is 1.71. The van der Waals surface area contributed by atoms with Gasteiger partial charge < -0.3 is 15.8 Å². The first-order valence-electron chi connectivity index (χ1n) is 4.70. The lowest BCUT2D eigenvalue weighted by Crippen LogP contribution is -2.22. The van der Waals surface area contributed by atoms with E-state index < -0.39 is 18.7 Å². The Labute approximate surface area is 108 Å². The number of alkyl halides is 3. The molecule has 1 aromatic rings. The number of hydrogen-bond acceptors (Lipinski definition) is 3. The van der Waals surface area contributed by atoms with Crippen LogP contribution in [0.3, 0.4) is 0 Å². The van der Waals surface area contributed by atoms with Crippen LogP contribution >= 0.6 is 12.4 Å². The molecule has 0 aliphatic carbocycles. The number of benzene rings is 1. The summed E-state index contributed by atoms with van der Waals surface area (Å²) in [7, 11) is 0. The zero-order chi connectivity index (χ0) is 12.9. The molecule has 0 unspecified atom stereocenters. The summed E-state index contributed by atoms with van der Waals surface area (Å²) < 4.78 is 40.2. The van der Waals surface area contributed by atoms with Gasteiger partial charge in [-0.05, 0) is 12.1 Å². The average molecular weight is 285 g/mol. The Morgan fingerprint density at radius 3 is 2.61 bits per heavy atom. The van der Waals surface area contributed by atoms with Crippen molar-refractivity contribution in [2.24, 2.45) is 5.73 Å². The van der Waals surface area contributed by atoms with E-state index in [2.05, 4.69) is 10.1 Å². The number of anilines is 1. The van der Waals surface area contributed by atoms with Gasteiger partial charge in [-0.25, -0.2) is 0 Å². The van der Waals surface area contributed by atoms with E-state index in [0.29, 0.717) is 5.69 Å². The van der Waals surface area contributed by atoms with Gasteiger partial charge in [0.15, 0.2) is 6.61 Å². The third-order valence-corrected chi connectivity index (χ3v) is 1.71. The second kappa shape index (κ2) is 7.07. The van der Waals surface area contributed by atoms with Crippen molar-refractivity contribution in [1.29, 1.82) is 0 Å². The molecular weight excluding hydrogens is 273 g/mol. The van der Waals surface area contributed by atoms with Gasteiger partial charge >= 0.3 is 6.18 Å². The Bertz CT molecular complexity index is 399. The van der Waals surface area contributed by atoms with E-state index in [9.17, 15) is 18.0 Å². The summed E-state index contributed by atoms with van der Waals surface area (Å²) in [6.45, 7) is -1.57. The summed E-state index contributed by atoms with van der Waals surface area (Å²) in [5, 5.41) is 2.40. The minimum atomic E-state index is -4.39. The van der Waals surface area contributed by atoms with Gasteiger partial charge in [0.1, 0.15) is 5.75 Å². The van der Waals surface area contributed by atoms with Crippen LogP contribution in [-0.4, -0.2) is 25.2 Å². The molecule has 1 aromatic carbocycles. The van der Waals surface area contributed by atoms with Gasteiger partial charge in [-0.15, -0.1) is 12.4 Å².